The minimum absolute atomic E-state index is 0.276. The third-order valence-corrected chi connectivity index (χ3v) is 5.43. The van der Waals surface area contributed by atoms with E-state index in [1.807, 2.05) is 36.7 Å². The van der Waals surface area contributed by atoms with Crippen LogP contribution in [0.1, 0.15) is 21.5 Å². The highest BCUT2D eigenvalue weighted by Gasteiger charge is 2.10. The molecule has 0 saturated heterocycles. The Morgan fingerprint density at radius 3 is 2.63 bits per heavy atom. The maximum absolute atomic E-state index is 12.2. The molecule has 3 aromatic rings. The summed E-state index contributed by atoms with van der Waals surface area (Å²) in [6.07, 6.45) is 1.64. The molecule has 156 valence electrons. The van der Waals surface area contributed by atoms with Gasteiger partial charge in [0.2, 0.25) is 0 Å². The van der Waals surface area contributed by atoms with Gasteiger partial charge in [-0.05, 0) is 42.3 Å². The first-order chi connectivity index (χ1) is 14.4. The van der Waals surface area contributed by atoms with Gasteiger partial charge in [0, 0.05) is 18.4 Å². The van der Waals surface area contributed by atoms with Crippen molar-refractivity contribution >= 4 is 35.2 Å². The molecule has 0 spiro atoms. The largest absolute Gasteiger partial charge is 0.482 e. The highest BCUT2D eigenvalue weighted by Crippen LogP contribution is 2.25. The Morgan fingerprint density at radius 1 is 1.17 bits per heavy atom. The van der Waals surface area contributed by atoms with E-state index < -0.39 is 11.8 Å². The van der Waals surface area contributed by atoms with Crippen LogP contribution < -0.4 is 15.6 Å². The molecule has 0 aliphatic carbocycles. The van der Waals surface area contributed by atoms with Gasteiger partial charge in [0.05, 0.1) is 5.02 Å². The molecule has 30 heavy (non-hydrogen) atoms. The molecule has 2 amide bonds. The van der Waals surface area contributed by atoms with E-state index >= 15 is 0 Å². The lowest BCUT2D eigenvalue weighted by molar-refractivity contribution is -0.123. The van der Waals surface area contributed by atoms with Gasteiger partial charge in [-0.15, -0.1) is 10.2 Å². The molecular formula is C20H20ClN5O3S. The fraction of sp³-hybridized carbons (Fsp3) is 0.200. The number of hydrogen-bond donors (Lipinski definition) is 2. The van der Waals surface area contributed by atoms with Crippen LogP contribution in [-0.2, 0) is 17.6 Å². The Balaban J connectivity index is 1.44. The van der Waals surface area contributed by atoms with Crippen molar-refractivity contribution in [2.75, 3.05) is 6.61 Å². The summed E-state index contributed by atoms with van der Waals surface area (Å²) >= 11 is 7.57. The lowest BCUT2D eigenvalue weighted by atomic mass is 10.1. The number of nitrogens with zero attached hydrogens (tertiary/aromatic N) is 3. The summed E-state index contributed by atoms with van der Waals surface area (Å²) in [5, 5.41) is 9.07. The van der Waals surface area contributed by atoms with E-state index in [9.17, 15) is 9.59 Å². The SMILES string of the molecule is Cc1ccc(Cl)c(OCC(=O)NNC(=O)c2ccc(CSc3nncn3C)cc2)c1. The minimum atomic E-state index is -0.502. The van der Waals surface area contributed by atoms with E-state index in [0.29, 0.717) is 22.1 Å². The van der Waals surface area contributed by atoms with Crippen molar-refractivity contribution in [3.8, 4) is 5.75 Å². The van der Waals surface area contributed by atoms with E-state index in [4.69, 9.17) is 16.3 Å². The second kappa shape index (κ2) is 10.1. The number of aryl methyl sites for hydroxylation is 2. The molecule has 0 aliphatic heterocycles. The molecule has 1 aromatic heterocycles. The number of benzene rings is 2. The number of hydrogen-bond acceptors (Lipinski definition) is 6. The van der Waals surface area contributed by atoms with Crippen molar-refractivity contribution in [3.05, 3.63) is 70.5 Å². The van der Waals surface area contributed by atoms with Crippen LogP contribution >= 0.6 is 23.4 Å². The summed E-state index contributed by atoms with van der Waals surface area (Å²) in [6, 6.07) is 12.4. The van der Waals surface area contributed by atoms with E-state index in [1.165, 1.54) is 0 Å². The standard InChI is InChI=1S/C20H20ClN5O3S/c1-13-3-8-16(21)17(9-13)29-10-18(27)23-24-19(28)15-6-4-14(5-7-15)11-30-20-25-22-12-26(20)2/h3-9,12H,10-11H2,1-2H3,(H,23,27)(H,24,28). The van der Waals surface area contributed by atoms with E-state index in [-0.39, 0.29) is 6.61 Å². The molecule has 2 N–H and O–H groups in total. The van der Waals surface area contributed by atoms with Crippen LogP contribution in [0.15, 0.2) is 53.9 Å². The topological polar surface area (TPSA) is 98.1 Å². The van der Waals surface area contributed by atoms with Gasteiger partial charge in [-0.1, -0.05) is 41.6 Å². The van der Waals surface area contributed by atoms with Crippen LogP contribution in [-0.4, -0.2) is 33.2 Å². The zero-order valence-corrected chi connectivity index (χ0v) is 18.0. The maximum Gasteiger partial charge on any atom is 0.276 e. The van der Waals surface area contributed by atoms with Crippen molar-refractivity contribution in [1.29, 1.82) is 0 Å². The van der Waals surface area contributed by atoms with Crippen molar-refractivity contribution in [2.45, 2.75) is 17.8 Å². The van der Waals surface area contributed by atoms with Crippen LogP contribution in [0, 0.1) is 6.92 Å². The van der Waals surface area contributed by atoms with E-state index in [2.05, 4.69) is 21.0 Å². The Labute approximate surface area is 182 Å². The van der Waals surface area contributed by atoms with Crippen molar-refractivity contribution in [2.24, 2.45) is 7.05 Å². The van der Waals surface area contributed by atoms with Crippen molar-refractivity contribution in [1.82, 2.24) is 25.6 Å². The quantitative estimate of drug-likeness (QED) is 0.428. The van der Waals surface area contributed by atoms with Gasteiger partial charge in [-0.2, -0.15) is 0 Å². The smallest absolute Gasteiger partial charge is 0.276 e. The van der Waals surface area contributed by atoms with Crippen LogP contribution in [0.25, 0.3) is 0 Å². The molecule has 0 radical (unpaired) electrons. The number of hydrazine groups is 1. The molecule has 3 rings (SSSR count). The highest BCUT2D eigenvalue weighted by atomic mass is 35.5. The second-order valence-corrected chi connectivity index (χ2v) is 7.78. The zero-order chi connectivity index (χ0) is 21.5. The summed E-state index contributed by atoms with van der Waals surface area (Å²) in [6.45, 7) is 1.62. The molecule has 0 aliphatic rings. The third-order valence-electron chi connectivity index (χ3n) is 4.01. The van der Waals surface area contributed by atoms with Gasteiger partial charge in [-0.25, -0.2) is 0 Å². The van der Waals surface area contributed by atoms with Gasteiger partial charge in [0.15, 0.2) is 11.8 Å². The first kappa shape index (κ1) is 21.7. The Morgan fingerprint density at radius 2 is 1.93 bits per heavy atom. The molecule has 2 aromatic carbocycles. The lowest BCUT2D eigenvalue weighted by Gasteiger charge is -2.10. The summed E-state index contributed by atoms with van der Waals surface area (Å²) in [4.78, 5) is 24.1. The van der Waals surface area contributed by atoms with E-state index in [0.717, 1.165) is 16.3 Å². The third kappa shape index (κ3) is 5.98. The monoisotopic (exact) mass is 445 g/mol. The molecule has 0 unspecified atom stereocenters. The van der Waals surface area contributed by atoms with Crippen LogP contribution in [0.4, 0.5) is 0 Å². The summed E-state index contributed by atoms with van der Waals surface area (Å²) < 4.78 is 7.23. The van der Waals surface area contributed by atoms with Crippen LogP contribution in [0.5, 0.6) is 5.75 Å². The summed E-state index contributed by atoms with van der Waals surface area (Å²) in [5.74, 6) is 0.180. The number of rotatable bonds is 7. The minimum Gasteiger partial charge on any atom is -0.482 e. The summed E-state index contributed by atoms with van der Waals surface area (Å²) in [5.41, 5.74) is 7.10. The normalized spacial score (nSPS) is 10.5. The lowest BCUT2D eigenvalue weighted by Crippen LogP contribution is -2.43. The van der Waals surface area contributed by atoms with Gasteiger partial charge in [0.1, 0.15) is 12.1 Å². The van der Waals surface area contributed by atoms with Crippen LogP contribution in [0.3, 0.4) is 0 Å². The first-order valence-corrected chi connectivity index (χ1v) is 10.3. The predicted molar refractivity (Wildman–Crippen MR) is 114 cm³/mol. The van der Waals surface area contributed by atoms with Gasteiger partial charge in [-0.3, -0.25) is 20.4 Å². The molecule has 1 heterocycles. The second-order valence-electron chi connectivity index (χ2n) is 6.43. The number of aromatic nitrogens is 3. The molecule has 0 fully saturated rings. The Hall–Kier alpha value is -3.04. The molecule has 0 bridgehead atoms. The molecule has 0 atom stereocenters. The summed E-state index contributed by atoms with van der Waals surface area (Å²) in [7, 11) is 1.88. The maximum atomic E-state index is 12.2. The van der Waals surface area contributed by atoms with Crippen molar-refractivity contribution in [3.63, 3.8) is 0 Å². The molecular weight excluding hydrogens is 426 g/mol. The van der Waals surface area contributed by atoms with Crippen molar-refractivity contribution < 1.29 is 14.3 Å². The number of ether oxygens (including phenoxy) is 1. The number of carbonyl (C=O) groups is 2. The number of nitrogens with one attached hydrogen (secondary N) is 2. The molecule has 8 nitrogen and oxygen atoms in total. The predicted octanol–water partition coefficient (Wildman–Crippen LogP) is 2.91. The number of thioether (sulfide) groups is 1. The Bertz CT molecular complexity index is 1040. The van der Waals surface area contributed by atoms with E-state index in [1.54, 1.807) is 42.4 Å². The van der Waals surface area contributed by atoms with Gasteiger partial charge >= 0.3 is 0 Å². The van der Waals surface area contributed by atoms with Gasteiger partial charge in [0.25, 0.3) is 11.8 Å². The average molecular weight is 446 g/mol. The highest BCUT2D eigenvalue weighted by molar-refractivity contribution is 7.98. The average Bonchev–Trinajstić information content (AvgIpc) is 3.16. The number of halogens is 1. The van der Waals surface area contributed by atoms with Gasteiger partial charge < -0.3 is 9.30 Å². The zero-order valence-electron chi connectivity index (χ0n) is 16.4. The van der Waals surface area contributed by atoms with Crippen LogP contribution in [0.2, 0.25) is 5.02 Å². The number of amides is 2. The fourth-order valence-corrected chi connectivity index (χ4v) is 3.42. The molecule has 0 saturated carbocycles. The fourth-order valence-electron chi connectivity index (χ4n) is 2.40. The Kier molecular flexibility index (Phi) is 7.31. The molecule has 10 heteroatoms. The number of carbonyl (C=O) groups excluding carboxylic acids is 2. The first-order valence-electron chi connectivity index (χ1n) is 8.96.